The van der Waals surface area contributed by atoms with Crippen LogP contribution in [0.4, 0.5) is 22.4 Å². The van der Waals surface area contributed by atoms with Gasteiger partial charge in [-0.15, -0.1) is 0 Å². The third-order valence-corrected chi connectivity index (χ3v) is 4.17. The zero-order valence-corrected chi connectivity index (χ0v) is 14.0. The van der Waals surface area contributed by atoms with Crippen molar-refractivity contribution >= 4 is 11.9 Å². The quantitative estimate of drug-likeness (QED) is 0.761. The van der Waals surface area contributed by atoms with E-state index in [4.69, 9.17) is 0 Å². The Labute approximate surface area is 152 Å². The molecule has 3 rings (SSSR count). The van der Waals surface area contributed by atoms with Gasteiger partial charge in [0.1, 0.15) is 11.5 Å². The maximum Gasteiger partial charge on any atom is 0.433 e. The molecule has 0 radical (unpaired) electrons. The number of carbonyl (C=O) groups is 2. The van der Waals surface area contributed by atoms with Gasteiger partial charge in [0.15, 0.2) is 0 Å². The number of hydrogen-bond acceptors (Lipinski definition) is 3. The van der Waals surface area contributed by atoms with Crippen LogP contribution in [0.3, 0.4) is 0 Å². The summed E-state index contributed by atoms with van der Waals surface area (Å²) in [6, 6.07) is 8.90. The number of imide groups is 1. The van der Waals surface area contributed by atoms with E-state index in [1.165, 1.54) is 4.90 Å². The summed E-state index contributed by atoms with van der Waals surface area (Å²) in [5.41, 5.74) is -0.855. The van der Waals surface area contributed by atoms with Gasteiger partial charge in [-0.05, 0) is 11.6 Å². The van der Waals surface area contributed by atoms with E-state index in [9.17, 15) is 27.2 Å². The summed E-state index contributed by atoms with van der Waals surface area (Å²) in [5.74, 6) is -1.57. The van der Waals surface area contributed by atoms with E-state index >= 15 is 0 Å². The molecule has 142 valence electrons. The van der Waals surface area contributed by atoms with E-state index in [1.54, 1.807) is 12.1 Å². The first-order valence-corrected chi connectivity index (χ1v) is 8.10. The molecule has 1 aliphatic rings. The Kier molecular flexibility index (Phi) is 5.11. The summed E-state index contributed by atoms with van der Waals surface area (Å²) >= 11 is 0. The molecule has 0 unspecified atom stereocenters. The third kappa shape index (κ3) is 4.24. The molecular weight excluding hydrogens is 366 g/mol. The van der Waals surface area contributed by atoms with Gasteiger partial charge in [0, 0.05) is 25.1 Å². The molecule has 0 saturated carbocycles. The monoisotopic (exact) mass is 381 g/mol. The predicted molar refractivity (Wildman–Crippen MR) is 86.6 cm³/mol. The van der Waals surface area contributed by atoms with Crippen molar-refractivity contribution in [2.24, 2.45) is 0 Å². The number of hydrogen-bond donors (Lipinski definition) is 0. The van der Waals surface area contributed by atoms with Crippen molar-refractivity contribution in [3.8, 4) is 0 Å². The van der Waals surface area contributed by atoms with Crippen molar-refractivity contribution in [1.29, 1.82) is 0 Å². The standard InChI is InChI=1S/C18H15F4N3O2/c19-14-9-23-15(18(20,21)22)8-13(14)11-25-16(26)6-7-24(17(25)27)10-12-4-2-1-3-5-12/h1-5,8-9H,6-7,10-11H2. The Hall–Kier alpha value is -2.97. The maximum absolute atomic E-state index is 13.9. The van der Waals surface area contributed by atoms with Crippen LogP contribution in [0, 0.1) is 5.82 Å². The number of amides is 3. The van der Waals surface area contributed by atoms with Crippen molar-refractivity contribution in [2.75, 3.05) is 6.54 Å². The van der Waals surface area contributed by atoms with E-state index in [0.29, 0.717) is 12.3 Å². The molecule has 0 N–H and O–H groups in total. The van der Waals surface area contributed by atoms with Gasteiger partial charge in [0.05, 0.1) is 12.7 Å². The highest BCUT2D eigenvalue weighted by molar-refractivity contribution is 5.96. The number of urea groups is 1. The first-order chi connectivity index (χ1) is 12.8. The fourth-order valence-electron chi connectivity index (χ4n) is 2.77. The van der Waals surface area contributed by atoms with Gasteiger partial charge in [-0.25, -0.2) is 14.2 Å². The molecule has 9 heteroatoms. The van der Waals surface area contributed by atoms with Crippen LogP contribution < -0.4 is 0 Å². The fraction of sp³-hybridized carbons (Fsp3) is 0.278. The number of aromatic nitrogens is 1. The normalized spacial score (nSPS) is 15.4. The van der Waals surface area contributed by atoms with Crippen molar-refractivity contribution in [3.63, 3.8) is 0 Å². The second-order valence-electron chi connectivity index (χ2n) is 6.08. The number of halogens is 4. The maximum atomic E-state index is 13.9. The Bertz CT molecular complexity index is 855. The summed E-state index contributed by atoms with van der Waals surface area (Å²) in [4.78, 5) is 29.9. The SMILES string of the molecule is O=C1CCN(Cc2ccccc2)C(=O)N1Cc1cc(C(F)(F)F)ncc1F. The summed E-state index contributed by atoms with van der Waals surface area (Å²) in [6.45, 7) is -0.147. The number of nitrogens with zero attached hydrogens (tertiary/aromatic N) is 3. The highest BCUT2D eigenvalue weighted by Gasteiger charge is 2.35. The zero-order chi connectivity index (χ0) is 19.6. The second kappa shape index (κ2) is 7.34. The molecule has 0 spiro atoms. The molecule has 0 aliphatic carbocycles. The molecule has 1 aromatic heterocycles. The average molecular weight is 381 g/mol. The van der Waals surface area contributed by atoms with Crippen LogP contribution in [0.1, 0.15) is 23.2 Å². The molecule has 2 aromatic rings. The number of rotatable bonds is 4. The first-order valence-electron chi connectivity index (χ1n) is 8.10. The lowest BCUT2D eigenvalue weighted by atomic mass is 10.1. The molecule has 1 saturated heterocycles. The molecule has 0 atom stereocenters. The van der Waals surface area contributed by atoms with Crippen molar-refractivity contribution in [3.05, 3.63) is 65.2 Å². The first kappa shape index (κ1) is 18.8. The van der Waals surface area contributed by atoms with Gasteiger partial charge < -0.3 is 4.90 Å². The minimum Gasteiger partial charge on any atom is -0.319 e. The van der Waals surface area contributed by atoms with Crippen LogP contribution in [0.5, 0.6) is 0 Å². The fourth-order valence-corrected chi connectivity index (χ4v) is 2.77. The average Bonchev–Trinajstić information content (AvgIpc) is 2.62. The van der Waals surface area contributed by atoms with Crippen LogP contribution in [-0.4, -0.2) is 33.3 Å². The molecule has 1 aliphatic heterocycles. The summed E-state index contributed by atoms with van der Waals surface area (Å²) in [6.07, 6.45) is -4.30. The Balaban J connectivity index is 1.81. The highest BCUT2D eigenvalue weighted by Crippen LogP contribution is 2.29. The molecular formula is C18H15F4N3O2. The lowest BCUT2D eigenvalue weighted by Crippen LogP contribution is -2.51. The molecule has 2 heterocycles. The van der Waals surface area contributed by atoms with Gasteiger partial charge in [-0.2, -0.15) is 13.2 Å². The summed E-state index contributed by atoms with van der Waals surface area (Å²) in [7, 11) is 0. The van der Waals surface area contributed by atoms with Crippen LogP contribution >= 0.6 is 0 Å². The number of benzene rings is 1. The van der Waals surface area contributed by atoms with Crippen LogP contribution in [0.2, 0.25) is 0 Å². The second-order valence-corrected chi connectivity index (χ2v) is 6.08. The van der Waals surface area contributed by atoms with Gasteiger partial charge in [-0.3, -0.25) is 9.69 Å². The molecule has 5 nitrogen and oxygen atoms in total. The van der Waals surface area contributed by atoms with E-state index in [0.717, 1.165) is 10.5 Å². The minimum atomic E-state index is -4.75. The third-order valence-electron chi connectivity index (χ3n) is 4.17. The zero-order valence-electron chi connectivity index (χ0n) is 14.0. The number of alkyl halides is 3. The lowest BCUT2D eigenvalue weighted by Gasteiger charge is -2.34. The van der Waals surface area contributed by atoms with Crippen LogP contribution in [0.25, 0.3) is 0 Å². The number of pyridine rings is 1. The van der Waals surface area contributed by atoms with E-state index in [1.807, 2.05) is 18.2 Å². The number of carbonyl (C=O) groups excluding carboxylic acids is 2. The topological polar surface area (TPSA) is 53.5 Å². The van der Waals surface area contributed by atoms with Crippen molar-refractivity contribution < 1.29 is 27.2 Å². The summed E-state index contributed by atoms with van der Waals surface area (Å²) < 4.78 is 52.3. The van der Waals surface area contributed by atoms with Crippen molar-refractivity contribution in [2.45, 2.75) is 25.7 Å². The van der Waals surface area contributed by atoms with Gasteiger partial charge in [0.2, 0.25) is 5.91 Å². The molecule has 0 bridgehead atoms. The predicted octanol–water partition coefficient (Wildman–Crippen LogP) is 3.59. The molecule has 27 heavy (non-hydrogen) atoms. The van der Waals surface area contributed by atoms with Crippen LogP contribution in [-0.2, 0) is 24.1 Å². The van der Waals surface area contributed by atoms with Crippen molar-refractivity contribution in [1.82, 2.24) is 14.8 Å². The van der Waals surface area contributed by atoms with E-state index in [2.05, 4.69) is 4.98 Å². The minimum absolute atomic E-state index is 0.0113. The molecule has 3 amide bonds. The Morgan fingerprint density at radius 1 is 1.07 bits per heavy atom. The smallest absolute Gasteiger partial charge is 0.319 e. The van der Waals surface area contributed by atoms with E-state index in [-0.39, 0.29) is 19.5 Å². The van der Waals surface area contributed by atoms with Gasteiger partial charge >= 0.3 is 12.2 Å². The van der Waals surface area contributed by atoms with Crippen LogP contribution in [0.15, 0.2) is 42.6 Å². The van der Waals surface area contributed by atoms with Gasteiger partial charge in [0.25, 0.3) is 0 Å². The largest absolute Gasteiger partial charge is 0.433 e. The van der Waals surface area contributed by atoms with Gasteiger partial charge in [-0.1, -0.05) is 30.3 Å². The molecule has 1 fully saturated rings. The highest BCUT2D eigenvalue weighted by atomic mass is 19.4. The lowest BCUT2D eigenvalue weighted by molar-refractivity contribution is -0.141. The molecule has 1 aromatic carbocycles. The Morgan fingerprint density at radius 3 is 2.44 bits per heavy atom. The van der Waals surface area contributed by atoms with E-state index < -0.39 is 41.7 Å². The summed E-state index contributed by atoms with van der Waals surface area (Å²) in [5, 5.41) is 0. The Morgan fingerprint density at radius 2 is 1.78 bits per heavy atom.